The van der Waals surface area contributed by atoms with Crippen LogP contribution in [0.1, 0.15) is 25.7 Å². The van der Waals surface area contributed by atoms with Gasteiger partial charge in [-0.3, -0.25) is 4.79 Å². The Balaban J connectivity index is 1.80. The summed E-state index contributed by atoms with van der Waals surface area (Å²) < 4.78 is 4.56. The van der Waals surface area contributed by atoms with Gasteiger partial charge in [0.15, 0.2) is 0 Å². The number of carbonyl (C=O) groups is 2. The fraction of sp³-hybridized carbons (Fsp3) is 0.833. The van der Waals surface area contributed by atoms with Crippen LogP contribution in [0, 0.1) is 0 Å². The molecule has 2 N–H and O–H groups in total. The van der Waals surface area contributed by atoms with Crippen molar-refractivity contribution in [3.8, 4) is 0 Å². The van der Waals surface area contributed by atoms with E-state index in [4.69, 9.17) is 0 Å². The molecule has 0 saturated carbocycles. The van der Waals surface area contributed by atoms with Gasteiger partial charge in [-0.05, 0) is 25.8 Å². The minimum absolute atomic E-state index is 0.0185. The fourth-order valence-corrected chi connectivity index (χ4v) is 2.59. The third-order valence-electron chi connectivity index (χ3n) is 3.62. The maximum Gasteiger partial charge on any atom is 0.407 e. The lowest BCUT2D eigenvalue weighted by atomic mass is 10.0. The number of hydrogen-bond acceptors (Lipinski definition) is 4. The van der Waals surface area contributed by atoms with Crippen molar-refractivity contribution in [2.45, 2.75) is 37.8 Å². The van der Waals surface area contributed by atoms with Gasteiger partial charge < -0.3 is 20.3 Å². The molecule has 18 heavy (non-hydrogen) atoms. The van der Waals surface area contributed by atoms with Crippen molar-refractivity contribution >= 4 is 12.0 Å². The highest BCUT2D eigenvalue weighted by Crippen LogP contribution is 2.15. The van der Waals surface area contributed by atoms with E-state index in [0.717, 1.165) is 32.2 Å². The van der Waals surface area contributed by atoms with Crippen molar-refractivity contribution in [2.75, 3.05) is 26.7 Å². The summed E-state index contributed by atoms with van der Waals surface area (Å²) in [6.45, 7) is 2.23. The topological polar surface area (TPSA) is 70.7 Å². The molecule has 0 spiro atoms. The predicted octanol–water partition coefficient (Wildman–Crippen LogP) is 0.0854. The molecule has 2 heterocycles. The van der Waals surface area contributed by atoms with E-state index in [1.807, 2.05) is 4.90 Å². The van der Waals surface area contributed by atoms with Crippen LogP contribution in [0.2, 0.25) is 0 Å². The van der Waals surface area contributed by atoms with Crippen LogP contribution in [-0.4, -0.2) is 55.7 Å². The highest BCUT2D eigenvalue weighted by molar-refractivity contribution is 5.82. The number of ether oxygens (including phenoxy) is 1. The molecule has 2 aliphatic heterocycles. The van der Waals surface area contributed by atoms with Crippen LogP contribution in [0.3, 0.4) is 0 Å². The second kappa shape index (κ2) is 6.04. The highest BCUT2D eigenvalue weighted by atomic mass is 16.5. The molecule has 1 unspecified atom stereocenters. The predicted molar refractivity (Wildman–Crippen MR) is 66.2 cm³/mol. The molecule has 2 fully saturated rings. The van der Waals surface area contributed by atoms with Gasteiger partial charge in [-0.1, -0.05) is 6.42 Å². The quantitative estimate of drug-likeness (QED) is 0.733. The van der Waals surface area contributed by atoms with Crippen LogP contribution < -0.4 is 10.6 Å². The summed E-state index contributed by atoms with van der Waals surface area (Å²) in [5.74, 6) is 0.170. The zero-order valence-corrected chi connectivity index (χ0v) is 10.8. The lowest BCUT2D eigenvalue weighted by Crippen LogP contribution is -2.48. The van der Waals surface area contributed by atoms with E-state index in [2.05, 4.69) is 15.4 Å². The summed E-state index contributed by atoms with van der Waals surface area (Å²) in [4.78, 5) is 25.2. The summed E-state index contributed by atoms with van der Waals surface area (Å²) in [5.41, 5.74) is 0. The first-order chi connectivity index (χ1) is 8.70. The molecule has 2 rings (SSSR count). The largest absolute Gasteiger partial charge is 0.453 e. The van der Waals surface area contributed by atoms with E-state index < -0.39 is 6.09 Å². The monoisotopic (exact) mass is 255 g/mol. The lowest BCUT2D eigenvalue weighted by Gasteiger charge is -2.27. The molecule has 0 aromatic rings. The van der Waals surface area contributed by atoms with Crippen LogP contribution in [-0.2, 0) is 9.53 Å². The molecule has 2 atom stereocenters. The number of nitrogens with zero attached hydrogens (tertiary/aromatic N) is 1. The van der Waals surface area contributed by atoms with E-state index in [1.54, 1.807) is 0 Å². The molecule has 0 aromatic heterocycles. The molecule has 2 amide bonds. The summed E-state index contributed by atoms with van der Waals surface area (Å²) in [6, 6.07) is -0.0133. The summed E-state index contributed by atoms with van der Waals surface area (Å²) in [7, 11) is 1.35. The Bertz CT molecular complexity index is 316. The van der Waals surface area contributed by atoms with Crippen molar-refractivity contribution < 1.29 is 14.3 Å². The zero-order chi connectivity index (χ0) is 13.0. The lowest BCUT2D eigenvalue weighted by molar-refractivity contribution is -0.133. The van der Waals surface area contributed by atoms with E-state index in [0.29, 0.717) is 13.1 Å². The fourth-order valence-electron chi connectivity index (χ4n) is 2.59. The number of alkyl carbamates (subject to hydrolysis) is 1. The van der Waals surface area contributed by atoms with Crippen LogP contribution in [0.5, 0.6) is 0 Å². The van der Waals surface area contributed by atoms with E-state index in [1.165, 1.54) is 7.11 Å². The van der Waals surface area contributed by atoms with E-state index in [9.17, 15) is 9.59 Å². The molecule has 0 aliphatic carbocycles. The molecule has 6 heteroatoms. The average Bonchev–Trinajstić information content (AvgIpc) is 2.87. The normalized spacial score (nSPS) is 27.9. The summed E-state index contributed by atoms with van der Waals surface area (Å²) >= 11 is 0. The van der Waals surface area contributed by atoms with Crippen LogP contribution in [0.25, 0.3) is 0 Å². The number of likely N-dealkylation sites (tertiary alicyclic amines) is 1. The molecule has 0 aromatic carbocycles. The minimum atomic E-state index is -0.426. The Kier molecular flexibility index (Phi) is 4.41. The van der Waals surface area contributed by atoms with Crippen molar-refractivity contribution in [3.63, 3.8) is 0 Å². The Morgan fingerprint density at radius 1 is 1.33 bits per heavy atom. The maximum absolute atomic E-state index is 12.2. The first-order valence-corrected chi connectivity index (χ1v) is 6.57. The summed E-state index contributed by atoms with van der Waals surface area (Å²) in [5, 5.41) is 6.00. The van der Waals surface area contributed by atoms with Crippen LogP contribution in [0.4, 0.5) is 4.79 Å². The summed E-state index contributed by atoms with van der Waals surface area (Å²) in [6.07, 6.45) is 3.56. The van der Waals surface area contributed by atoms with Crippen molar-refractivity contribution in [3.05, 3.63) is 0 Å². The third kappa shape index (κ3) is 3.13. The van der Waals surface area contributed by atoms with Gasteiger partial charge in [0.05, 0.1) is 19.2 Å². The number of rotatable bonds is 2. The molecule has 2 saturated heterocycles. The van der Waals surface area contributed by atoms with Gasteiger partial charge >= 0.3 is 6.09 Å². The van der Waals surface area contributed by atoms with Crippen LogP contribution in [0.15, 0.2) is 0 Å². The number of amides is 2. The number of methoxy groups -OCH3 is 1. The second-order valence-electron chi connectivity index (χ2n) is 4.91. The van der Waals surface area contributed by atoms with Gasteiger partial charge in [0.2, 0.25) is 5.91 Å². The van der Waals surface area contributed by atoms with Gasteiger partial charge in [-0.2, -0.15) is 0 Å². The Labute approximate surface area is 107 Å². The van der Waals surface area contributed by atoms with Crippen LogP contribution >= 0.6 is 0 Å². The smallest absolute Gasteiger partial charge is 0.407 e. The number of hydrogen-bond donors (Lipinski definition) is 2. The molecular weight excluding hydrogens is 234 g/mol. The standard InChI is InChI=1S/C12H21N3O3/c1-18-12(17)14-9-5-7-15(8-9)11(16)10-4-2-3-6-13-10/h9-10,13H,2-8H2,1H3,(H,14,17)/t9?,10-/m1/s1. The first-order valence-electron chi connectivity index (χ1n) is 6.57. The molecule has 102 valence electrons. The van der Waals surface area contributed by atoms with E-state index >= 15 is 0 Å². The second-order valence-corrected chi connectivity index (χ2v) is 4.91. The molecule has 0 radical (unpaired) electrons. The molecule has 6 nitrogen and oxygen atoms in total. The average molecular weight is 255 g/mol. The van der Waals surface area contributed by atoms with Gasteiger partial charge in [0, 0.05) is 13.1 Å². The van der Waals surface area contributed by atoms with Gasteiger partial charge in [0.1, 0.15) is 0 Å². The highest BCUT2D eigenvalue weighted by Gasteiger charge is 2.32. The molecular formula is C12H21N3O3. The third-order valence-corrected chi connectivity index (χ3v) is 3.62. The van der Waals surface area contributed by atoms with Crippen molar-refractivity contribution in [1.29, 1.82) is 0 Å². The number of piperidine rings is 1. The first kappa shape index (κ1) is 13.1. The van der Waals surface area contributed by atoms with Crippen molar-refractivity contribution in [1.82, 2.24) is 15.5 Å². The van der Waals surface area contributed by atoms with Gasteiger partial charge in [-0.15, -0.1) is 0 Å². The zero-order valence-electron chi connectivity index (χ0n) is 10.8. The number of carbonyl (C=O) groups excluding carboxylic acids is 2. The minimum Gasteiger partial charge on any atom is -0.453 e. The van der Waals surface area contributed by atoms with E-state index in [-0.39, 0.29) is 18.0 Å². The van der Waals surface area contributed by atoms with Gasteiger partial charge in [-0.25, -0.2) is 4.79 Å². The van der Waals surface area contributed by atoms with Crippen molar-refractivity contribution in [2.24, 2.45) is 0 Å². The Morgan fingerprint density at radius 2 is 2.17 bits per heavy atom. The SMILES string of the molecule is COC(=O)NC1CCN(C(=O)[C@H]2CCCCN2)C1. The number of nitrogens with one attached hydrogen (secondary N) is 2. The molecule has 2 aliphatic rings. The maximum atomic E-state index is 12.2. The Morgan fingerprint density at radius 3 is 2.83 bits per heavy atom. The molecule has 0 bridgehead atoms. The van der Waals surface area contributed by atoms with Gasteiger partial charge in [0.25, 0.3) is 0 Å². The Hall–Kier alpha value is -1.30.